The van der Waals surface area contributed by atoms with Crippen molar-refractivity contribution in [1.29, 1.82) is 0 Å². The normalized spacial score (nSPS) is 22.2. The molecule has 1 rings (SSSR count). The summed E-state index contributed by atoms with van der Waals surface area (Å²) in [5, 5.41) is 0. The van der Waals surface area contributed by atoms with Crippen LogP contribution < -0.4 is 0 Å². The van der Waals surface area contributed by atoms with Crippen molar-refractivity contribution in [3.63, 3.8) is 0 Å². The van der Waals surface area contributed by atoms with Gasteiger partial charge in [0.25, 0.3) is 0 Å². The van der Waals surface area contributed by atoms with Crippen molar-refractivity contribution in [2.75, 3.05) is 0 Å². The minimum absolute atomic E-state index is 0.340. The van der Waals surface area contributed by atoms with Crippen molar-refractivity contribution in [3.05, 3.63) is 21.3 Å². The van der Waals surface area contributed by atoms with Gasteiger partial charge in [0.2, 0.25) is 0 Å². The van der Waals surface area contributed by atoms with E-state index in [1.54, 1.807) is 4.99 Å². The van der Waals surface area contributed by atoms with Gasteiger partial charge in [0.1, 0.15) is 0 Å². The molecule has 0 aromatic carbocycles. The number of allylic oxidation sites excluding steroid dienone is 1. The summed E-state index contributed by atoms with van der Waals surface area (Å²) in [5.74, 6) is 0.174. The van der Waals surface area contributed by atoms with Crippen molar-refractivity contribution in [3.8, 4) is 0 Å². The Balaban J connectivity index is 2.89. The third kappa shape index (κ3) is 1.43. The maximum absolute atomic E-state index is 10.4. The van der Waals surface area contributed by atoms with Crippen molar-refractivity contribution in [2.45, 2.75) is 0 Å². The molecule has 0 N–H and O–H groups in total. The van der Waals surface area contributed by atoms with Gasteiger partial charge in [-0.05, 0) is 15.9 Å². The Labute approximate surface area is 68.8 Å². The molecule has 9 heavy (non-hydrogen) atoms. The molecule has 0 amide bonds. The molecule has 0 radical (unpaired) electrons. The zero-order valence-electron chi connectivity index (χ0n) is 4.23. The molecule has 0 atom stereocenters. The third-order valence-corrected chi connectivity index (χ3v) is 1.83. The van der Waals surface area contributed by atoms with E-state index in [1.807, 2.05) is 0 Å². The Kier molecular flexibility index (Phi) is 2.08. The predicted molar refractivity (Wildman–Crippen MR) is 40.1 cm³/mol. The third-order valence-electron chi connectivity index (χ3n) is 0.790. The maximum Gasteiger partial charge on any atom is 0.337 e. The second-order valence-electron chi connectivity index (χ2n) is 1.39. The molecule has 0 unspecified atom stereocenters. The Morgan fingerprint density at radius 1 is 1.67 bits per heavy atom. The molecular weight excluding hydrogens is 252 g/mol. The number of carbonyl (C=O) groups excluding carboxylic acids is 1. The Morgan fingerprint density at radius 3 is 2.56 bits per heavy atom. The van der Waals surface area contributed by atoms with E-state index in [4.69, 9.17) is 0 Å². The molecule has 4 heteroatoms. The quantitative estimate of drug-likeness (QED) is 0.618. The van der Waals surface area contributed by atoms with Crippen LogP contribution in [0, 0.1) is 0 Å². The molecule has 0 aromatic rings. The molecule has 0 bridgehead atoms. The van der Waals surface area contributed by atoms with E-state index in [2.05, 4.69) is 36.6 Å². The number of hydrogen-bond acceptors (Lipinski definition) is 2. The zero-order chi connectivity index (χ0) is 6.85. The van der Waals surface area contributed by atoms with Crippen LogP contribution in [0.5, 0.6) is 0 Å². The van der Waals surface area contributed by atoms with Crippen LogP contribution in [0.15, 0.2) is 21.3 Å². The van der Waals surface area contributed by atoms with Crippen LogP contribution in [0.1, 0.15) is 0 Å². The highest BCUT2D eigenvalue weighted by Gasteiger charge is 2.16. The second-order valence-corrected chi connectivity index (χ2v) is 2.70. The highest BCUT2D eigenvalue weighted by molar-refractivity contribution is 9.12. The van der Waals surface area contributed by atoms with E-state index in [9.17, 15) is 4.79 Å². The molecule has 0 aromatic heterocycles. The monoisotopic (exact) mass is 252 g/mol. The van der Waals surface area contributed by atoms with E-state index in [-0.39, 0.29) is 5.97 Å². The molecule has 0 aliphatic carbocycles. The van der Waals surface area contributed by atoms with Gasteiger partial charge in [-0.1, -0.05) is 15.9 Å². The van der Waals surface area contributed by atoms with Gasteiger partial charge < -0.3 is 4.74 Å². The second kappa shape index (κ2) is 2.66. The Bertz CT molecular complexity index is 205. The van der Waals surface area contributed by atoms with Gasteiger partial charge in [-0.3, -0.25) is 0 Å². The average Bonchev–Trinajstić information content (AvgIpc) is 2.10. The summed E-state index contributed by atoms with van der Waals surface area (Å²) >= 11 is 6.16. The molecule has 48 valence electrons. The lowest BCUT2D eigenvalue weighted by atomic mass is 10.5. The molecule has 1 heterocycles. The van der Waals surface area contributed by atoms with Gasteiger partial charge in [-0.2, -0.15) is 0 Å². The van der Waals surface area contributed by atoms with Gasteiger partial charge in [0, 0.05) is 11.1 Å². The fourth-order valence-electron chi connectivity index (χ4n) is 0.436. The minimum atomic E-state index is -0.340. The summed E-state index contributed by atoms with van der Waals surface area (Å²) < 4.78 is 5.33. The summed E-state index contributed by atoms with van der Waals surface area (Å²) in [5.41, 5.74) is 0. The summed E-state index contributed by atoms with van der Waals surface area (Å²) in [6, 6.07) is 0. The molecule has 0 saturated carbocycles. The van der Waals surface area contributed by atoms with Crippen LogP contribution >= 0.6 is 31.9 Å². The standard InChI is InChI=1S/C5H2Br2O2/c6-2-4-3(7)1-5(8)9-4/h1-2H/b4-2+. The number of cyclic esters (lactones) is 1. The lowest BCUT2D eigenvalue weighted by molar-refractivity contribution is -0.132. The van der Waals surface area contributed by atoms with Crippen LogP contribution in [0.25, 0.3) is 0 Å². The van der Waals surface area contributed by atoms with Crippen LogP contribution in [-0.4, -0.2) is 5.97 Å². The maximum atomic E-state index is 10.4. The minimum Gasteiger partial charge on any atom is -0.422 e. The Morgan fingerprint density at radius 2 is 2.33 bits per heavy atom. The van der Waals surface area contributed by atoms with Crippen LogP contribution in [-0.2, 0) is 9.53 Å². The first-order valence-corrected chi connectivity index (χ1v) is 3.84. The van der Waals surface area contributed by atoms with E-state index in [0.29, 0.717) is 10.2 Å². The molecule has 1 aliphatic heterocycles. The lowest BCUT2D eigenvalue weighted by Gasteiger charge is -1.91. The molecular formula is C5H2Br2O2. The topological polar surface area (TPSA) is 26.3 Å². The van der Waals surface area contributed by atoms with Crippen LogP contribution in [0.2, 0.25) is 0 Å². The van der Waals surface area contributed by atoms with Crippen molar-refractivity contribution < 1.29 is 9.53 Å². The summed E-state index contributed by atoms with van der Waals surface area (Å²) in [6.45, 7) is 0. The largest absolute Gasteiger partial charge is 0.422 e. The van der Waals surface area contributed by atoms with Crippen molar-refractivity contribution >= 4 is 37.8 Å². The van der Waals surface area contributed by atoms with E-state index in [0.717, 1.165) is 0 Å². The van der Waals surface area contributed by atoms with Gasteiger partial charge in [0.05, 0.1) is 4.48 Å². The number of hydrogen-bond donors (Lipinski definition) is 0. The fourth-order valence-corrected chi connectivity index (χ4v) is 1.47. The number of halogens is 2. The molecule has 0 spiro atoms. The molecule has 0 fully saturated rings. The first-order valence-electron chi connectivity index (χ1n) is 2.14. The van der Waals surface area contributed by atoms with Crippen molar-refractivity contribution in [2.24, 2.45) is 0 Å². The molecule has 1 aliphatic rings. The van der Waals surface area contributed by atoms with E-state index < -0.39 is 0 Å². The first kappa shape index (κ1) is 7.02. The summed E-state index contributed by atoms with van der Waals surface area (Å²) in [4.78, 5) is 12.0. The summed E-state index contributed by atoms with van der Waals surface area (Å²) in [7, 11) is 0. The zero-order valence-corrected chi connectivity index (χ0v) is 7.40. The molecule has 0 saturated heterocycles. The van der Waals surface area contributed by atoms with E-state index in [1.165, 1.54) is 6.08 Å². The predicted octanol–water partition coefficient (Wildman–Crippen LogP) is 2.06. The van der Waals surface area contributed by atoms with Gasteiger partial charge >= 0.3 is 5.97 Å². The number of ether oxygens (including phenoxy) is 1. The highest BCUT2D eigenvalue weighted by Crippen LogP contribution is 2.25. The number of carbonyl (C=O) groups is 1. The fraction of sp³-hybridized carbons (Fsp3) is 0. The lowest BCUT2D eigenvalue weighted by Crippen LogP contribution is -1.88. The number of rotatable bonds is 0. The Hall–Kier alpha value is -0.0900. The smallest absolute Gasteiger partial charge is 0.337 e. The highest BCUT2D eigenvalue weighted by atomic mass is 79.9. The first-order chi connectivity index (χ1) is 4.24. The SMILES string of the molecule is O=C1C=C(Br)/C(=C\Br)O1. The van der Waals surface area contributed by atoms with Gasteiger partial charge in [-0.15, -0.1) is 0 Å². The van der Waals surface area contributed by atoms with Gasteiger partial charge in [-0.25, -0.2) is 4.79 Å². The van der Waals surface area contributed by atoms with E-state index >= 15 is 0 Å². The number of esters is 1. The average molecular weight is 254 g/mol. The van der Waals surface area contributed by atoms with Crippen molar-refractivity contribution in [1.82, 2.24) is 0 Å². The van der Waals surface area contributed by atoms with Crippen LogP contribution in [0.3, 0.4) is 0 Å². The van der Waals surface area contributed by atoms with Crippen LogP contribution in [0.4, 0.5) is 0 Å². The van der Waals surface area contributed by atoms with Gasteiger partial charge in [0.15, 0.2) is 5.76 Å². The summed E-state index contributed by atoms with van der Waals surface area (Å²) in [6.07, 6.45) is 1.37. The molecule has 2 nitrogen and oxygen atoms in total.